The number of primary amides is 1. The zero-order valence-corrected chi connectivity index (χ0v) is 8.69. The van der Waals surface area contributed by atoms with Crippen LogP contribution in [0, 0.1) is 5.41 Å². The van der Waals surface area contributed by atoms with Crippen molar-refractivity contribution in [3.63, 3.8) is 0 Å². The number of urea groups is 1. The summed E-state index contributed by atoms with van der Waals surface area (Å²) in [6.45, 7) is 10.4. The van der Waals surface area contributed by atoms with Crippen molar-refractivity contribution >= 4 is 6.03 Å². The normalized spacial score (nSPS) is 12.8. The van der Waals surface area contributed by atoms with Gasteiger partial charge in [-0.3, -0.25) is 0 Å². The summed E-state index contributed by atoms with van der Waals surface area (Å²) in [4.78, 5) is 10.6. The fourth-order valence-electron chi connectivity index (χ4n) is 1.70. The zero-order valence-electron chi connectivity index (χ0n) is 8.69. The molecule has 3 N–H and O–H groups in total. The maximum atomic E-state index is 10.6. The van der Waals surface area contributed by atoms with Crippen molar-refractivity contribution in [1.29, 1.82) is 0 Å². The number of rotatable bonds is 2. The van der Waals surface area contributed by atoms with Gasteiger partial charge in [0.15, 0.2) is 0 Å². The summed E-state index contributed by atoms with van der Waals surface area (Å²) >= 11 is 0. The van der Waals surface area contributed by atoms with Gasteiger partial charge < -0.3 is 11.1 Å². The monoisotopic (exact) mass is 172 g/mol. The molecule has 0 heterocycles. The molecule has 0 radical (unpaired) electrons. The lowest BCUT2D eigenvalue weighted by Crippen LogP contribution is -2.48. The lowest BCUT2D eigenvalue weighted by atomic mass is 9.82. The minimum atomic E-state index is -0.454. The third-order valence-corrected chi connectivity index (χ3v) is 1.43. The van der Waals surface area contributed by atoms with E-state index >= 15 is 0 Å². The molecule has 12 heavy (non-hydrogen) atoms. The van der Waals surface area contributed by atoms with E-state index in [0.717, 1.165) is 6.42 Å². The molecule has 72 valence electrons. The van der Waals surface area contributed by atoms with Crippen molar-refractivity contribution in [3.05, 3.63) is 0 Å². The summed E-state index contributed by atoms with van der Waals surface area (Å²) in [5, 5.41) is 2.71. The van der Waals surface area contributed by atoms with Crippen molar-refractivity contribution in [2.75, 3.05) is 0 Å². The second-order valence-corrected chi connectivity index (χ2v) is 5.11. The average Bonchev–Trinajstić information content (AvgIpc) is 1.48. The third kappa shape index (κ3) is 6.01. The minimum absolute atomic E-state index is 0.200. The maximum Gasteiger partial charge on any atom is 0.312 e. The quantitative estimate of drug-likeness (QED) is 0.656. The highest BCUT2D eigenvalue weighted by Gasteiger charge is 2.25. The predicted octanol–water partition coefficient (Wildman–Crippen LogP) is 1.87. The van der Waals surface area contributed by atoms with Gasteiger partial charge in [-0.05, 0) is 25.7 Å². The molecule has 0 aromatic carbocycles. The fourth-order valence-corrected chi connectivity index (χ4v) is 1.70. The molecule has 3 heteroatoms. The summed E-state index contributed by atoms with van der Waals surface area (Å²) in [6, 6.07) is -0.454. The molecule has 0 saturated carbocycles. The van der Waals surface area contributed by atoms with Gasteiger partial charge in [-0.2, -0.15) is 0 Å². The molecule has 3 nitrogen and oxygen atoms in total. The van der Waals surface area contributed by atoms with E-state index in [4.69, 9.17) is 5.73 Å². The number of nitrogens with two attached hydrogens (primary N) is 1. The Morgan fingerprint density at radius 3 is 1.92 bits per heavy atom. The number of carbonyl (C=O) groups excluding carboxylic acids is 1. The summed E-state index contributed by atoms with van der Waals surface area (Å²) in [6.07, 6.45) is 0.906. The highest BCUT2D eigenvalue weighted by atomic mass is 16.2. The van der Waals surface area contributed by atoms with Gasteiger partial charge in [0.05, 0.1) is 0 Å². The van der Waals surface area contributed by atoms with Crippen molar-refractivity contribution in [1.82, 2.24) is 5.32 Å². The first-order valence-corrected chi connectivity index (χ1v) is 4.20. The summed E-state index contributed by atoms with van der Waals surface area (Å²) in [5.41, 5.74) is 5.03. The lowest BCUT2D eigenvalue weighted by molar-refractivity contribution is 0.217. The molecule has 0 aliphatic heterocycles. The van der Waals surface area contributed by atoms with Crippen LogP contribution in [0.1, 0.15) is 41.0 Å². The minimum Gasteiger partial charge on any atom is -0.352 e. The van der Waals surface area contributed by atoms with Gasteiger partial charge in [-0.15, -0.1) is 0 Å². The SMILES string of the molecule is CC(C)(C)CC(C)(C)NC(N)=O. The van der Waals surface area contributed by atoms with Crippen LogP contribution in [-0.2, 0) is 0 Å². The van der Waals surface area contributed by atoms with Gasteiger partial charge >= 0.3 is 6.03 Å². The molecule has 0 aromatic heterocycles. The van der Waals surface area contributed by atoms with Crippen LogP contribution in [0.5, 0.6) is 0 Å². The van der Waals surface area contributed by atoms with E-state index in [0.29, 0.717) is 0 Å². The second kappa shape index (κ2) is 3.33. The molecule has 0 saturated heterocycles. The van der Waals surface area contributed by atoms with Crippen molar-refractivity contribution < 1.29 is 4.79 Å². The van der Waals surface area contributed by atoms with Gasteiger partial charge in [0.2, 0.25) is 0 Å². The Kier molecular flexibility index (Phi) is 3.13. The molecule has 0 spiro atoms. The number of hydrogen-bond acceptors (Lipinski definition) is 1. The first-order chi connectivity index (χ1) is 5.12. The molecule has 0 bridgehead atoms. The van der Waals surface area contributed by atoms with Crippen LogP contribution in [-0.4, -0.2) is 11.6 Å². The van der Waals surface area contributed by atoms with Crippen LogP contribution in [0.25, 0.3) is 0 Å². The maximum absolute atomic E-state index is 10.6. The van der Waals surface area contributed by atoms with Gasteiger partial charge in [0.1, 0.15) is 0 Å². The molecule has 0 aromatic rings. The van der Waals surface area contributed by atoms with Crippen LogP contribution >= 0.6 is 0 Å². The van der Waals surface area contributed by atoms with Crippen LogP contribution < -0.4 is 11.1 Å². The summed E-state index contributed by atoms with van der Waals surface area (Å²) in [7, 11) is 0. The molecule has 0 atom stereocenters. The van der Waals surface area contributed by atoms with Crippen LogP contribution in [0.2, 0.25) is 0 Å². The molecular weight excluding hydrogens is 152 g/mol. The van der Waals surface area contributed by atoms with Gasteiger partial charge in [0.25, 0.3) is 0 Å². The van der Waals surface area contributed by atoms with Gasteiger partial charge in [-0.1, -0.05) is 20.8 Å². The second-order valence-electron chi connectivity index (χ2n) is 5.11. The lowest BCUT2D eigenvalue weighted by Gasteiger charge is -2.32. The van der Waals surface area contributed by atoms with Crippen LogP contribution in [0.15, 0.2) is 0 Å². The first kappa shape index (κ1) is 11.3. The average molecular weight is 172 g/mol. The Morgan fingerprint density at radius 1 is 1.25 bits per heavy atom. The molecular formula is C9H20N2O. The number of hydrogen-bond donors (Lipinski definition) is 2. The van der Waals surface area contributed by atoms with Crippen molar-refractivity contribution in [2.45, 2.75) is 46.6 Å². The van der Waals surface area contributed by atoms with Crippen LogP contribution in [0.4, 0.5) is 4.79 Å². The van der Waals surface area contributed by atoms with Crippen molar-refractivity contribution in [2.24, 2.45) is 11.1 Å². The van der Waals surface area contributed by atoms with E-state index in [1.165, 1.54) is 0 Å². The Morgan fingerprint density at radius 2 is 1.67 bits per heavy atom. The Labute approximate surface area is 74.7 Å². The number of amides is 2. The van der Waals surface area contributed by atoms with E-state index in [1.54, 1.807) is 0 Å². The van der Waals surface area contributed by atoms with Gasteiger partial charge in [0, 0.05) is 5.54 Å². The van der Waals surface area contributed by atoms with E-state index < -0.39 is 6.03 Å². The molecule has 0 aliphatic rings. The summed E-state index contributed by atoms with van der Waals surface area (Å²) < 4.78 is 0. The largest absolute Gasteiger partial charge is 0.352 e. The number of carbonyl (C=O) groups is 1. The highest BCUT2D eigenvalue weighted by molar-refractivity contribution is 5.72. The fraction of sp³-hybridized carbons (Fsp3) is 0.889. The standard InChI is InChI=1S/C9H20N2O/c1-8(2,3)6-9(4,5)11-7(10)12/h6H2,1-5H3,(H3,10,11,12). The van der Waals surface area contributed by atoms with E-state index in [2.05, 4.69) is 26.1 Å². The van der Waals surface area contributed by atoms with Gasteiger partial charge in [-0.25, -0.2) is 4.79 Å². The molecule has 2 amide bonds. The number of nitrogens with one attached hydrogen (secondary N) is 1. The highest BCUT2D eigenvalue weighted by Crippen LogP contribution is 2.26. The van der Waals surface area contributed by atoms with E-state index in [-0.39, 0.29) is 11.0 Å². The zero-order chi connectivity index (χ0) is 9.99. The third-order valence-electron chi connectivity index (χ3n) is 1.43. The van der Waals surface area contributed by atoms with E-state index in [9.17, 15) is 4.79 Å². The Balaban J connectivity index is 4.13. The smallest absolute Gasteiger partial charge is 0.312 e. The Bertz CT molecular complexity index is 168. The van der Waals surface area contributed by atoms with Crippen molar-refractivity contribution in [3.8, 4) is 0 Å². The predicted molar refractivity (Wildman–Crippen MR) is 50.9 cm³/mol. The summed E-state index contributed by atoms with van der Waals surface area (Å²) in [5.74, 6) is 0. The molecule has 0 unspecified atom stereocenters. The van der Waals surface area contributed by atoms with Crippen LogP contribution in [0.3, 0.4) is 0 Å². The molecule has 0 aliphatic carbocycles. The Hall–Kier alpha value is -0.730. The van der Waals surface area contributed by atoms with E-state index in [1.807, 2.05) is 13.8 Å². The molecule has 0 fully saturated rings. The first-order valence-electron chi connectivity index (χ1n) is 4.20. The molecule has 0 rings (SSSR count). The topological polar surface area (TPSA) is 55.1 Å².